The van der Waals surface area contributed by atoms with Crippen molar-refractivity contribution in [2.75, 3.05) is 31.1 Å². The number of nitrogens with two attached hydrogens (primary N) is 1. The van der Waals surface area contributed by atoms with Gasteiger partial charge in [-0.05, 0) is 34.1 Å². The van der Waals surface area contributed by atoms with Crippen LogP contribution in [0.15, 0.2) is 22.7 Å². The summed E-state index contributed by atoms with van der Waals surface area (Å²) in [6, 6.07) is 3.67. The van der Waals surface area contributed by atoms with E-state index in [0.29, 0.717) is 30.7 Å². The fourth-order valence-electron chi connectivity index (χ4n) is 2.02. The molecule has 0 radical (unpaired) electrons. The molecule has 1 atom stereocenters. The Labute approximate surface area is 117 Å². The summed E-state index contributed by atoms with van der Waals surface area (Å²) in [4.78, 5) is 1.98. The molecular formula is C12H14BrF3N2O. The molecule has 106 valence electrons. The Morgan fingerprint density at radius 2 is 2.16 bits per heavy atom. The van der Waals surface area contributed by atoms with Gasteiger partial charge in [-0.1, -0.05) is 0 Å². The molecular weight excluding hydrogens is 325 g/mol. The van der Waals surface area contributed by atoms with E-state index < -0.39 is 11.7 Å². The van der Waals surface area contributed by atoms with Crippen molar-refractivity contribution < 1.29 is 17.9 Å². The van der Waals surface area contributed by atoms with Crippen molar-refractivity contribution in [1.82, 2.24) is 0 Å². The van der Waals surface area contributed by atoms with Gasteiger partial charge in [-0.2, -0.15) is 13.2 Å². The van der Waals surface area contributed by atoms with Crippen LogP contribution in [0.1, 0.15) is 5.56 Å². The van der Waals surface area contributed by atoms with Crippen LogP contribution in [-0.2, 0) is 10.9 Å². The highest BCUT2D eigenvalue weighted by molar-refractivity contribution is 9.10. The summed E-state index contributed by atoms with van der Waals surface area (Å²) in [7, 11) is 0. The number of anilines is 1. The minimum Gasteiger partial charge on any atom is -0.373 e. The number of ether oxygens (including phenoxy) is 1. The second-order valence-electron chi connectivity index (χ2n) is 4.34. The molecule has 2 N–H and O–H groups in total. The Hall–Kier alpha value is -0.790. The van der Waals surface area contributed by atoms with Gasteiger partial charge in [0.05, 0.1) is 24.0 Å². The topological polar surface area (TPSA) is 38.5 Å². The number of halogens is 4. The number of alkyl halides is 3. The van der Waals surface area contributed by atoms with Crippen LogP contribution in [0.4, 0.5) is 18.9 Å². The van der Waals surface area contributed by atoms with Crippen LogP contribution in [0.2, 0.25) is 0 Å². The molecule has 19 heavy (non-hydrogen) atoms. The average Bonchev–Trinajstić information content (AvgIpc) is 2.37. The van der Waals surface area contributed by atoms with Crippen molar-refractivity contribution in [2.45, 2.75) is 12.3 Å². The molecule has 0 spiro atoms. The van der Waals surface area contributed by atoms with Crippen molar-refractivity contribution in [1.29, 1.82) is 0 Å². The fourth-order valence-corrected chi connectivity index (χ4v) is 2.65. The predicted molar refractivity (Wildman–Crippen MR) is 70.2 cm³/mol. The number of nitrogens with zero attached hydrogens (tertiary/aromatic N) is 1. The van der Waals surface area contributed by atoms with Crippen LogP contribution in [0, 0.1) is 0 Å². The number of hydrogen-bond donors (Lipinski definition) is 1. The highest BCUT2D eigenvalue weighted by Crippen LogP contribution is 2.35. The van der Waals surface area contributed by atoms with Gasteiger partial charge >= 0.3 is 6.18 Å². The van der Waals surface area contributed by atoms with Crippen LogP contribution < -0.4 is 10.6 Å². The second-order valence-corrected chi connectivity index (χ2v) is 5.19. The average molecular weight is 339 g/mol. The van der Waals surface area contributed by atoms with Crippen LogP contribution in [0.5, 0.6) is 0 Å². The molecule has 1 aromatic carbocycles. The van der Waals surface area contributed by atoms with Gasteiger partial charge in [-0.15, -0.1) is 0 Å². The standard InChI is InChI=1S/C12H14BrF3N2O/c13-10-5-8(12(14,15)16)1-2-11(10)18-3-4-19-9(6-17)7-18/h1-2,5,9H,3-4,6-7,17H2. The highest BCUT2D eigenvalue weighted by atomic mass is 79.9. The molecule has 1 aliphatic rings. The molecule has 1 heterocycles. The van der Waals surface area contributed by atoms with E-state index in [-0.39, 0.29) is 6.10 Å². The fraction of sp³-hybridized carbons (Fsp3) is 0.500. The minimum atomic E-state index is -4.33. The third-order valence-corrected chi connectivity index (χ3v) is 3.65. The van der Waals surface area contributed by atoms with Gasteiger partial charge in [0, 0.05) is 24.1 Å². The Kier molecular flexibility index (Phi) is 4.37. The van der Waals surface area contributed by atoms with E-state index in [1.165, 1.54) is 6.07 Å². The van der Waals surface area contributed by atoms with E-state index in [1.54, 1.807) is 0 Å². The monoisotopic (exact) mass is 338 g/mol. The molecule has 3 nitrogen and oxygen atoms in total. The third-order valence-electron chi connectivity index (χ3n) is 3.02. The zero-order chi connectivity index (χ0) is 14.0. The lowest BCUT2D eigenvalue weighted by atomic mass is 10.1. The SMILES string of the molecule is NCC1CN(c2ccc(C(F)(F)F)cc2Br)CCO1. The van der Waals surface area contributed by atoms with Gasteiger partial charge in [0.1, 0.15) is 0 Å². The lowest BCUT2D eigenvalue weighted by Crippen LogP contribution is -2.45. The van der Waals surface area contributed by atoms with Gasteiger partial charge in [0.2, 0.25) is 0 Å². The smallest absolute Gasteiger partial charge is 0.373 e. The summed E-state index contributed by atoms with van der Waals surface area (Å²) < 4.78 is 43.6. The van der Waals surface area contributed by atoms with Crippen molar-refractivity contribution in [3.8, 4) is 0 Å². The first-order valence-corrected chi connectivity index (χ1v) is 6.64. The van der Waals surface area contributed by atoms with Gasteiger partial charge < -0.3 is 15.4 Å². The Bertz CT molecular complexity index is 453. The maximum Gasteiger partial charge on any atom is 0.416 e. The Balaban J connectivity index is 2.21. The first-order valence-electron chi connectivity index (χ1n) is 5.85. The Morgan fingerprint density at radius 3 is 2.74 bits per heavy atom. The van der Waals surface area contributed by atoms with Crippen LogP contribution >= 0.6 is 15.9 Å². The Morgan fingerprint density at radius 1 is 1.42 bits per heavy atom. The normalized spacial score (nSPS) is 20.7. The molecule has 0 bridgehead atoms. The van der Waals surface area contributed by atoms with E-state index in [4.69, 9.17) is 10.5 Å². The summed E-state index contributed by atoms with van der Waals surface area (Å²) in [5.74, 6) is 0. The summed E-state index contributed by atoms with van der Waals surface area (Å²) in [5.41, 5.74) is 5.62. The lowest BCUT2D eigenvalue weighted by molar-refractivity contribution is -0.137. The van der Waals surface area contributed by atoms with Crippen LogP contribution in [0.3, 0.4) is 0 Å². The van der Waals surface area contributed by atoms with E-state index in [9.17, 15) is 13.2 Å². The molecule has 1 saturated heterocycles. The molecule has 0 aromatic heterocycles. The number of morpholine rings is 1. The van der Waals surface area contributed by atoms with E-state index in [1.807, 2.05) is 4.90 Å². The molecule has 0 saturated carbocycles. The first kappa shape index (κ1) is 14.6. The quantitative estimate of drug-likeness (QED) is 0.900. The summed E-state index contributed by atoms with van der Waals surface area (Å²) in [6.07, 6.45) is -4.41. The zero-order valence-electron chi connectivity index (χ0n) is 10.1. The molecule has 0 amide bonds. The highest BCUT2D eigenvalue weighted by Gasteiger charge is 2.31. The molecule has 1 fully saturated rings. The van der Waals surface area contributed by atoms with Gasteiger partial charge in [-0.25, -0.2) is 0 Å². The minimum absolute atomic E-state index is 0.0806. The molecule has 7 heteroatoms. The molecule has 1 unspecified atom stereocenters. The molecule has 0 aliphatic carbocycles. The van der Waals surface area contributed by atoms with Gasteiger partial charge in [0.25, 0.3) is 0 Å². The van der Waals surface area contributed by atoms with Crippen molar-refractivity contribution in [2.24, 2.45) is 5.73 Å². The number of rotatable bonds is 2. The maximum atomic E-state index is 12.6. The summed E-state index contributed by atoms with van der Waals surface area (Å²) in [5, 5.41) is 0. The van der Waals surface area contributed by atoms with Crippen molar-refractivity contribution >= 4 is 21.6 Å². The van der Waals surface area contributed by atoms with E-state index in [0.717, 1.165) is 17.8 Å². The number of benzene rings is 1. The molecule has 1 aliphatic heterocycles. The van der Waals surface area contributed by atoms with E-state index in [2.05, 4.69) is 15.9 Å². The van der Waals surface area contributed by atoms with Crippen LogP contribution in [0.25, 0.3) is 0 Å². The second kappa shape index (κ2) is 5.68. The van der Waals surface area contributed by atoms with Crippen LogP contribution in [-0.4, -0.2) is 32.3 Å². The lowest BCUT2D eigenvalue weighted by Gasteiger charge is -2.34. The van der Waals surface area contributed by atoms with Gasteiger partial charge in [0.15, 0.2) is 0 Å². The summed E-state index contributed by atoms with van der Waals surface area (Å²) >= 11 is 3.20. The first-order chi connectivity index (χ1) is 8.91. The third kappa shape index (κ3) is 3.40. The van der Waals surface area contributed by atoms with Crippen molar-refractivity contribution in [3.05, 3.63) is 28.2 Å². The summed E-state index contributed by atoms with van der Waals surface area (Å²) in [6.45, 7) is 2.14. The number of hydrogen-bond acceptors (Lipinski definition) is 3. The maximum absolute atomic E-state index is 12.6. The molecule has 2 rings (SSSR count). The largest absolute Gasteiger partial charge is 0.416 e. The van der Waals surface area contributed by atoms with E-state index >= 15 is 0 Å². The molecule has 1 aromatic rings. The predicted octanol–water partition coefficient (Wildman–Crippen LogP) is 2.63. The zero-order valence-corrected chi connectivity index (χ0v) is 11.7. The van der Waals surface area contributed by atoms with Gasteiger partial charge in [-0.3, -0.25) is 0 Å². The van der Waals surface area contributed by atoms with Crippen molar-refractivity contribution in [3.63, 3.8) is 0 Å².